The number of aromatic amines is 1. The van der Waals surface area contributed by atoms with Crippen LogP contribution in [0.4, 0.5) is 0 Å². The predicted octanol–water partition coefficient (Wildman–Crippen LogP) is 3.85. The van der Waals surface area contributed by atoms with Crippen LogP contribution >= 0.6 is 0 Å². The molecule has 0 spiro atoms. The summed E-state index contributed by atoms with van der Waals surface area (Å²) >= 11 is 0. The van der Waals surface area contributed by atoms with Gasteiger partial charge in [-0.2, -0.15) is 0 Å². The Morgan fingerprint density at radius 1 is 0.926 bits per heavy atom. The third kappa shape index (κ3) is 2.60. The molecule has 5 heteroatoms. The van der Waals surface area contributed by atoms with E-state index in [9.17, 15) is 4.79 Å². The lowest BCUT2D eigenvalue weighted by Gasteiger charge is -2.11. The number of H-pyrrole nitrogens is 1. The maximum absolute atomic E-state index is 13.3. The van der Waals surface area contributed by atoms with Crippen LogP contribution in [0, 0.1) is 0 Å². The van der Waals surface area contributed by atoms with Crippen molar-refractivity contribution in [2.24, 2.45) is 0 Å². The fraction of sp³-hybridized carbons (Fsp3) is 0.0455. The number of nitrogens with one attached hydrogen (secondary N) is 1. The summed E-state index contributed by atoms with van der Waals surface area (Å²) in [4.78, 5) is 25.6. The molecule has 130 valence electrons. The van der Waals surface area contributed by atoms with Gasteiger partial charge in [0.2, 0.25) is 0 Å². The van der Waals surface area contributed by atoms with Crippen molar-refractivity contribution in [1.29, 1.82) is 0 Å². The largest absolute Gasteiger partial charge is 0.361 e. The van der Waals surface area contributed by atoms with E-state index in [4.69, 9.17) is 0 Å². The second-order valence-corrected chi connectivity index (χ2v) is 6.42. The highest BCUT2D eigenvalue weighted by Gasteiger charge is 2.15. The summed E-state index contributed by atoms with van der Waals surface area (Å²) in [5.74, 6) is 0. The van der Waals surface area contributed by atoms with Crippen LogP contribution in [0.25, 0.3) is 27.8 Å². The molecule has 5 nitrogen and oxygen atoms in total. The van der Waals surface area contributed by atoms with Crippen molar-refractivity contribution in [3.8, 4) is 5.69 Å². The SMILES string of the molecule is O=c1c(Cc2c[nH]c3ccccc23)nc2cccnc2n1-c1ccccc1. The molecule has 0 unspecified atom stereocenters. The van der Waals surface area contributed by atoms with E-state index in [2.05, 4.69) is 21.0 Å². The summed E-state index contributed by atoms with van der Waals surface area (Å²) in [7, 11) is 0. The number of hydrogen-bond donors (Lipinski definition) is 1. The fourth-order valence-corrected chi connectivity index (χ4v) is 3.46. The van der Waals surface area contributed by atoms with Crippen molar-refractivity contribution < 1.29 is 0 Å². The molecule has 5 rings (SSSR count). The van der Waals surface area contributed by atoms with Gasteiger partial charge in [-0.25, -0.2) is 9.97 Å². The van der Waals surface area contributed by atoms with Gasteiger partial charge in [-0.3, -0.25) is 9.36 Å². The van der Waals surface area contributed by atoms with Gasteiger partial charge in [0.05, 0.1) is 5.69 Å². The number of aromatic nitrogens is 4. The summed E-state index contributed by atoms with van der Waals surface area (Å²) in [6.07, 6.45) is 4.09. The number of nitrogens with zero attached hydrogens (tertiary/aromatic N) is 3. The Morgan fingerprint density at radius 2 is 1.74 bits per heavy atom. The molecule has 0 radical (unpaired) electrons. The molecule has 27 heavy (non-hydrogen) atoms. The van der Waals surface area contributed by atoms with Crippen LogP contribution in [0.1, 0.15) is 11.3 Å². The average molecular weight is 352 g/mol. The zero-order chi connectivity index (χ0) is 18.2. The first kappa shape index (κ1) is 15.5. The molecular formula is C22H16N4O. The van der Waals surface area contributed by atoms with Crippen LogP contribution in [-0.2, 0) is 6.42 Å². The summed E-state index contributed by atoms with van der Waals surface area (Å²) in [6.45, 7) is 0. The Bertz CT molecular complexity index is 1320. The van der Waals surface area contributed by atoms with Crippen LogP contribution < -0.4 is 5.56 Å². The summed E-state index contributed by atoms with van der Waals surface area (Å²) in [5.41, 5.74) is 4.53. The minimum Gasteiger partial charge on any atom is -0.361 e. The van der Waals surface area contributed by atoms with Crippen molar-refractivity contribution in [2.45, 2.75) is 6.42 Å². The van der Waals surface area contributed by atoms with Gasteiger partial charge < -0.3 is 4.98 Å². The second-order valence-electron chi connectivity index (χ2n) is 6.42. The predicted molar refractivity (Wildman–Crippen MR) is 106 cm³/mol. The molecule has 0 fully saturated rings. The number of para-hydroxylation sites is 2. The minimum absolute atomic E-state index is 0.141. The zero-order valence-corrected chi connectivity index (χ0v) is 14.5. The Balaban J connectivity index is 1.74. The number of rotatable bonds is 3. The van der Waals surface area contributed by atoms with E-state index in [0.29, 0.717) is 23.3 Å². The molecule has 0 saturated carbocycles. The summed E-state index contributed by atoms with van der Waals surface area (Å²) in [5, 5.41) is 1.11. The van der Waals surface area contributed by atoms with E-state index in [1.54, 1.807) is 10.8 Å². The van der Waals surface area contributed by atoms with Crippen molar-refractivity contribution in [3.63, 3.8) is 0 Å². The van der Waals surface area contributed by atoms with E-state index in [1.165, 1.54) is 0 Å². The van der Waals surface area contributed by atoms with Gasteiger partial charge in [0.25, 0.3) is 5.56 Å². The molecule has 0 saturated heterocycles. The molecule has 3 heterocycles. The maximum Gasteiger partial charge on any atom is 0.278 e. The van der Waals surface area contributed by atoms with E-state index >= 15 is 0 Å². The van der Waals surface area contributed by atoms with Crippen molar-refractivity contribution in [1.82, 2.24) is 19.5 Å². The van der Waals surface area contributed by atoms with E-state index in [1.807, 2.05) is 66.9 Å². The van der Waals surface area contributed by atoms with Crippen LogP contribution in [0.3, 0.4) is 0 Å². The first-order valence-corrected chi connectivity index (χ1v) is 8.78. The smallest absolute Gasteiger partial charge is 0.278 e. The van der Waals surface area contributed by atoms with Gasteiger partial charge in [-0.1, -0.05) is 36.4 Å². The second kappa shape index (κ2) is 6.21. The molecule has 2 aromatic carbocycles. The highest BCUT2D eigenvalue weighted by molar-refractivity contribution is 5.83. The maximum atomic E-state index is 13.3. The lowest BCUT2D eigenvalue weighted by Crippen LogP contribution is -2.25. The first-order valence-electron chi connectivity index (χ1n) is 8.78. The van der Waals surface area contributed by atoms with Gasteiger partial charge in [0.15, 0.2) is 5.65 Å². The third-order valence-corrected chi connectivity index (χ3v) is 4.73. The Hall–Kier alpha value is -3.73. The Labute approximate surface area is 155 Å². The first-order chi connectivity index (χ1) is 13.3. The molecule has 5 aromatic rings. The zero-order valence-electron chi connectivity index (χ0n) is 14.5. The summed E-state index contributed by atoms with van der Waals surface area (Å²) < 4.78 is 1.65. The van der Waals surface area contributed by atoms with Gasteiger partial charge in [0, 0.05) is 29.7 Å². The fourth-order valence-electron chi connectivity index (χ4n) is 3.46. The van der Waals surface area contributed by atoms with Crippen molar-refractivity contribution in [2.75, 3.05) is 0 Å². The van der Waals surface area contributed by atoms with Crippen molar-refractivity contribution >= 4 is 22.1 Å². The number of fused-ring (bicyclic) bond motifs is 2. The molecule has 0 aliphatic rings. The lowest BCUT2D eigenvalue weighted by molar-refractivity contribution is 0.929. The Morgan fingerprint density at radius 3 is 2.63 bits per heavy atom. The van der Waals surface area contributed by atoms with E-state index < -0.39 is 0 Å². The molecule has 1 N–H and O–H groups in total. The minimum atomic E-state index is -0.141. The quantitative estimate of drug-likeness (QED) is 0.536. The lowest BCUT2D eigenvalue weighted by atomic mass is 10.1. The van der Waals surface area contributed by atoms with Crippen LogP contribution in [0.15, 0.2) is 83.9 Å². The van der Waals surface area contributed by atoms with Crippen LogP contribution in [0.5, 0.6) is 0 Å². The molecule has 0 atom stereocenters. The average Bonchev–Trinajstić information content (AvgIpc) is 3.12. The van der Waals surface area contributed by atoms with Crippen LogP contribution in [0.2, 0.25) is 0 Å². The number of hydrogen-bond acceptors (Lipinski definition) is 3. The number of pyridine rings is 1. The van der Waals surface area contributed by atoms with Gasteiger partial charge in [-0.15, -0.1) is 0 Å². The highest BCUT2D eigenvalue weighted by Crippen LogP contribution is 2.20. The molecule has 3 aromatic heterocycles. The van der Waals surface area contributed by atoms with Gasteiger partial charge in [0.1, 0.15) is 11.2 Å². The van der Waals surface area contributed by atoms with Crippen molar-refractivity contribution in [3.05, 3.63) is 101 Å². The third-order valence-electron chi connectivity index (χ3n) is 4.73. The molecule has 0 amide bonds. The van der Waals surface area contributed by atoms with E-state index in [0.717, 1.165) is 22.2 Å². The topological polar surface area (TPSA) is 63.6 Å². The Kier molecular flexibility index (Phi) is 3.57. The molecule has 0 aliphatic heterocycles. The molecule has 0 aliphatic carbocycles. The highest BCUT2D eigenvalue weighted by atomic mass is 16.1. The van der Waals surface area contributed by atoms with Crippen LogP contribution in [-0.4, -0.2) is 19.5 Å². The number of benzene rings is 2. The standard InChI is InChI=1S/C22H16N4O/c27-22-20(13-15-14-24-18-10-5-4-9-17(15)18)25-19-11-6-12-23-21(19)26(22)16-7-2-1-3-8-16/h1-12,14,24H,13H2. The van der Waals surface area contributed by atoms with Gasteiger partial charge in [-0.05, 0) is 35.9 Å². The molecule has 0 bridgehead atoms. The molecular weight excluding hydrogens is 336 g/mol. The van der Waals surface area contributed by atoms with E-state index in [-0.39, 0.29) is 5.56 Å². The monoisotopic (exact) mass is 352 g/mol. The van der Waals surface area contributed by atoms with Gasteiger partial charge >= 0.3 is 0 Å². The summed E-state index contributed by atoms with van der Waals surface area (Å²) in [6, 6.07) is 21.4. The normalized spacial score (nSPS) is 11.3.